The quantitative estimate of drug-likeness (QED) is 0.882. The second-order valence-electron chi connectivity index (χ2n) is 5.01. The number of nitrogens with zero attached hydrogens (tertiary/aromatic N) is 1. The molecular formula is C16H16BrNO4. The van der Waals surface area contributed by atoms with Crippen LogP contribution in [0.15, 0.2) is 39.2 Å². The molecule has 0 spiro atoms. The summed E-state index contributed by atoms with van der Waals surface area (Å²) in [5.74, 6) is -0.306. The molecule has 2 rings (SSSR count). The van der Waals surface area contributed by atoms with E-state index in [-0.39, 0.29) is 24.4 Å². The lowest BCUT2D eigenvalue weighted by Crippen LogP contribution is -2.27. The standard InChI is InChI=1S/C16H16BrNO4/c1-10-13(16(20)21)8-12(22-10)9-18(2)15(19)7-11-5-3-4-6-14(11)17/h3-6,8H,7,9H2,1-2H3,(H,20,21). The number of rotatable bonds is 5. The van der Waals surface area contributed by atoms with Gasteiger partial charge < -0.3 is 14.4 Å². The molecule has 0 aliphatic rings. The molecule has 0 atom stereocenters. The summed E-state index contributed by atoms with van der Waals surface area (Å²) in [7, 11) is 1.66. The molecule has 1 N–H and O–H groups in total. The van der Waals surface area contributed by atoms with E-state index in [9.17, 15) is 9.59 Å². The van der Waals surface area contributed by atoms with Crippen LogP contribution in [0.5, 0.6) is 0 Å². The van der Waals surface area contributed by atoms with E-state index in [0.717, 1.165) is 10.0 Å². The molecule has 0 bridgehead atoms. The first-order valence-electron chi connectivity index (χ1n) is 6.68. The Morgan fingerprint density at radius 3 is 2.59 bits per heavy atom. The van der Waals surface area contributed by atoms with E-state index in [1.807, 2.05) is 24.3 Å². The lowest BCUT2D eigenvalue weighted by Gasteiger charge is -2.16. The molecule has 6 heteroatoms. The van der Waals surface area contributed by atoms with E-state index in [0.29, 0.717) is 11.5 Å². The van der Waals surface area contributed by atoms with Crippen LogP contribution in [-0.2, 0) is 17.8 Å². The Morgan fingerprint density at radius 2 is 2.00 bits per heavy atom. The van der Waals surface area contributed by atoms with E-state index < -0.39 is 5.97 Å². The van der Waals surface area contributed by atoms with Crippen LogP contribution in [0.2, 0.25) is 0 Å². The molecule has 116 valence electrons. The molecule has 0 aliphatic heterocycles. The van der Waals surface area contributed by atoms with Gasteiger partial charge in [-0.05, 0) is 24.6 Å². The predicted octanol–water partition coefficient (Wildman–Crippen LogP) is 3.25. The van der Waals surface area contributed by atoms with Crippen molar-refractivity contribution < 1.29 is 19.1 Å². The molecule has 22 heavy (non-hydrogen) atoms. The van der Waals surface area contributed by atoms with Crippen molar-refractivity contribution in [3.63, 3.8) is 0 Å². The SMILES string of the molecule is Cc1oc(CN(C)C(=O)Cc2ccccc2Br)cc1C(=O)O. The highest BCUT2D eigenvalue weighted by molar-refractivity contribution is 9.10. The first-order valence-corrected chi connectivity index (χ1v) is 7.47. The Labute approximate surface area is 136 Å². The van der Waals surface area contributed by atoms with Gasteiger partial charge in [-0.3, -0.25) is 4.79 Å². The van der Waals surface area contributed by atoms with Crippen molar-refractivity contribution >= 4 is 27.8 Å². The maximum Gasteiger partial charge on any atom is 0.339 e. The zero-order valence-electron chi connectivity index (χ0n) is 12.3. The third-order valence-corrected chi connectivity index (χ3v) is 4.09. The van der Waals surface area contributed by atoms with Crippen molar-refractivity contribution in [3.8, 4) is 0 Å². The number of carboxylic acids is 1. The summed E-state index contributed by atoms with van der Waals surface area (Å²) >= 11 is 3.42. The number of hydrogen-bond donors (Lipinski definition) is 1. The first kappa shape index (κ1) is 16.3. The van der Waals surface area contributed by atoms with E-state index in [4.69, 9.17) is 9.52 Å². The summed E-state index contributed by atoms with van der Waals surface area (Å²) in [5, 5.41) is 9.00. The summed E-state index contributed by atoms with van der Waals surface area (Å²) in [6, 6.07) is 9.00. The van der Waals surface area contributed by atoms with Gasteiger partial charge in [-0.25, -0.2) is 4.79 Å². The van der Waals surface area contributed by atoms with Gasteiger partial charge in [0, 0.05) is 11.5 Å². The van der Waals surface area contributed by atoms with Gasteiger partial charge in [0.1, 0.15) is 17.1 Å². The Kier molecular flexibility index (Phi) is 5.03. The minimum atomic E-state index is -1.03. The van der Waals surface area contributed by atoms with E-state index in [1.54, 1.807) is 14.0 Å². The Hall–Kier alpha value is -2.08. The lowest BCUT2D eigenvalue weighted by molar-refractivity contribution is -0.129. The molecule has 1 amide bonds. The van der Waals surface area contributed by atoms with E-state index >= 15 is 0 Å². The fraction of sp³-hybridized carbons (Fsp3) is 0.250. The van der Waals surface area contributed by atoms with Crippen molar-refractivity contribution in [1.29, 1.82) is 0 Å². The number of amides is 1. The number of aryl methyl sites for hydroxylation is 1. The van der Waals surface area contributed by atoms with Crippen molar-refractivity contribution in [3.05, 3.63) is 57.5 Å². The number of hydrogen-bond acceptors (Lipinski definition) is 3. The van der Waals surface area contributed by atoms with Gasteiger partial charge in [0.25, 0.3) is 0 Å². The summed E-state index contributed by atoms with van der Waals surface area (Å²) in [6.07, 6.45) is 0.267. The number of furan rings is 1. The Morgan fingerprint density at radius 1 is 1.32 bits per heavy atom. The van der Waals surface area contributed by atoms with Crippen LogP contribution in [0, 0.1) is 6.92 Å². The normalized spacial score (nSPS) is 10.5. The zero-order valence-corrected chi connectivity index (χ0v) is 13.9. The largest absolute Gasteiger partial charge is 0.478 e. The van der Waals surface area contributed by atoms with Crippen molar-refractivity contribution in [2.75, 3.05) is 7.05 Å². The van der Waals surface area contributed by atoms with E-state index in [1.165, 1.54) is 11.0 Å². The number of carbonyl (C=O) groups is 2. The summed E-state index contributed by atoms with van der Waals surface area (Å²) in [5.41, 5.74) is 1.03. The monoisotopic (exact) mass is 365 g/mol. The first-order chi connectivity index (χ1) is 10.4. The molecule has 0 unspecified atom stereocenters. The van der Waals surface area contributed by atoms with Gasteiger partial charge in [-0.1, -0.05) is 34.1 Å². The number of carbonyl (C=O) groups excluding carboxylic acids is 1. The number of carboxylic acid groups (broad SMARTS) is 1. The maximum absolute atomic E-state index is 12.2. The maximum atomic E-state index is 12.2. The molecular weight excluding hydrogens is 350 g/mol. The van der Waals surface area contributed by atoms with Crippen LogP contribution < -0.4 is 0 Å². The van der Waals surface area contributed by atoms with E-state index in [2.05, 4.69) is 15.9 Å². The van der Waals surface area contributed by atoms with Crippen LogP contribution in [0.25, 0.3) is 0 Å². The van der Waals surface area contributed by atoms with Crippen LogP contribution in [0.3, 0.4) is 0 Å². The van der Waals surface area contributed by atoms with Crippen LogP contribution >= 0.6 is 15.9 Å². The number of aromatic carboxylic acids is 1. The molecule has 0 saturated heterocycles. The molecule has 0 radical (unpaired) electrons. The molecule has 1 aromatic carbocycles. The average molecular weight is 366 g/mol. The lowest BCUT2D eigenvalue weighted by atomic mass is 10.1. The smallest absolute Gasteiger partial charge is 0.339 e. The molecule has 5 nitrogen and oxygen atoms in total. The van der Waals surface area contributed by atoms with Crippen molar-refractivity contribution in [2.24, 2.45) is 0 Å². The fourth-order valence-electron chi connectivity index (χ4n) is 2.10. The highest BCUT2D eigenvalue weighted by Gasteiger charge is 2.17. The Bertz CT molecular complexity index is 708. The second-order valence-corrected chi connectivity index (χ2v) is 5.86. The third kappa shape index (κ3) is 3.76. The predicted molar refractivity (Wildman–Crippen MR) is 84.7 cm³/mol. The zero-order chi connectivity index (χ0) is 16.3. The molecule has 0 fully saturated rings. The molecule has 0 aliphatic carbocycles. The second kappa shape index (κ2) is 6.79. The molecule has 1 heterocycles. The van der Waals surface area contributed by atoms with Crippen LogP contribution in [0.1, 0.15) is 27.4 Å². The van der Waals surface area contributed by atoms with Crippen LogP contribution in [0.4, 0.5) is 0 Å². The average Bonchev–Trinajstić information content (AvgIpc) is 2.82. The molecule has 1 aromatic heterocycles. The van der Waals surface area contributed by atoms with Gasteiger partial charge >= 0.3 is 5.97 Å². The van der Waals surface area contributed by atoms with Crippen molar-refractivity contribution in [2.45, 2.75) is 19.9 Å². The van der Waals surface area contributed by atoms with Gasteiger partial charge in [-0.2, -0.15) is 0 Å². The number of likely N-dealkylation sites (N-methyl/N-ethyl adjacent to an activating group) is 1. The highest BCUT2D eigenvalue weighted by Crippen LogP contribution is 2.19. The van der Waals surface area contributed by atoms with Gasteiger partial charge in [0.05, 0.1) is 13.0 Å². The number of benzene rings is 1. The van der Waals surface area contributed by atoms with Gasteiger partial charge in [-0.15, -0.1) is 0 Å². The minimum absolute atomic E-state index is 0.0715. The summed E-state index contributed by atoms with van der Waals surface area (Å²) in [6.45, 7) is 1.83. The Balaban J connectivity index is 2.04. The highest BCUT2D eigenvalue weighted by atomic mass is 79.9. The van der Waals surface area contributed by atoms with Gasteiger partial charge in [0.15, 0.2) is 0 Å². The fourth-order valence-corrected chi connectivity index (χ4v) is 2.52. The number of halogens is 1. The van der Waals surface area contributed by atoms with Crippen molar-refractivity contribution in [1.82, 2.24) is 4.90 Å². The molecule has 0 saturated carbocycles. The van der Waals surface area contributed by atoms with Gasteiger partial charge in [0.2, 0.25) is 5.91 Å². The molecule has 2 aromatic rings. The third-order valence-electron chi connectivity index (χ3n) is 3.32. The topological polar surface area (TPSA) is 70.8 Å². The minimum Gasteiger partial charge on any atom is -0.478 e. The summed E-state index contributed by atoms with van der Waals surface area (Å²) < 4.78 is 6.27. The summed E-state index contributed by atoms with van der Waals surface area (Å²) in [4.78, 5) is 24.7. The van der Waals surface area contributed by atoms with Crippen LogP contribution in [-0.4, -0.2) is 28.9 Å².